The molecule has 126 valence electrons. The van der Waals surface area contributed by atoms with Gasteiger partial charge in [-0.3, -0.25) is 9.59 Å². The van der Waals surface area contributed by atoms with Crippen LogP contribution in [0.2, 0.25) is 0 Å². The van der Waals surface area contributed by atoms with Gasteiger partial charge in [0, 0.05) is 24.1 Å². The van der Waals surface area contributed by atoms with Gasteiger partial charge in [-0.25, -0.2) is 0 Å². The number of hydrogen-bond acceptors (Lipinski definition) is 6. The Morgan fingerprint density at radius 1 is 1.26 bits per heavy atom. The Morgan fingerprint density at radius 2 is 1.91 bits per heavy atom. The van der Waals surface area contributed by atoms with Gasteiger partial charge >= 0.3 is 0 Å². The fourth-order valence-corrected chi connectivity index (χ4v) is 3.00. The van der Waals surface area contributed by atoms with Crippen molar-refractivity contribution >= 4 is 17.9 Å². The van der Waals surface area contributed by atoms with E-state index in [-0.39, 0.29) is 24.3 Å². The van der Waals surface area contributed by atoms with Crippen molar-refractivity contribution in [3.05, 3.63) is 17.7 Å². The Balaban J connectivity index is 2.47. The molecule has 0 radical (unpaired) electrons. The van der Waals surface area contributed by atoms with Crippen molar-refractivity contribution in [1.82, 2.24) is 0 Å². The van der Waals surface area contributed by atoms with Crippen LogP contribution in [0.3, 0.4) is 0 Å². The van der Waals surface area contributed by atoms with E-state index in [9.17, 15) is 9.59 Å². The number of carbonyl (C=O) groups excluding carboxylic acids is 2. The first-order valence-electron chi connectivity index (χ1n) is 7.64. The van der Waals surface area contributed by atoms with E-state index in [0.29, 0.717) is 36.5 Å². The SMILES string of the molecule is COc1cc2c(cc1OC)N(CCOC=O)C(C(C)C)CC2=O. The number of fused-ring (bicyclic) bond motifs is 1. The van der Waals surface area contributed by atoms with E-state index >= 15 is 0 Å². The summed E-state index contributed by atoms with van der Waals surface area (Å²) in [7, 11) is 3.11. The molecule has 1 atom stereocenters. The lowest BCUT2D eigenvalue weighted by molar-refractivity contribution is -0.128. The van der Waals surface area contributed by atoms with Crippen LogP contribution in [0.4, 0.5) is 5.69 Å². The molecule has 0 amide bonds. The number of benzene rings is 1. The third-order valence-corrected chi connectivity index (χ3v) is 4.19. The molecule has 0 N–H and O–H groups in total. The minimum absolute atomic E-state index is 0.0587. The second kappa shape index (κ2) is 7.35. The van der Waals surface area contributed by atoms with E-state index in [2.05, 4.69) is 18.7 Å². The average Bonchev–Trinajstić information content (AvgIpc) is 2.55. The number of ketones is 1. The zero-order valence-electron chi connectivity index (χ0n) is 14.0. The summed E-state index contributed by atoms with van der Waals surface area (Å²) in [5.74, 6) is 1.49. The highest BCUT2D eigenvalue weighted by atomic mass is 16.5. The topological polar surface area (TPSA) is 65.1 Å². The van der Waals surface area contributed by atoms with Crippen LogP contribution in [0, 0.1) is 5.92 Å². The lowest BCUT2D eigenvalue weighted by atomic mass is 9.88. The highest BCUT2D eigenvalue weighted by Crippen LogP contribution is 2.40. The van der Waals surface area contributed by atoms with Crippen LogP contribution < -0.4 is 14.4 Å². The smallest absolute Gasteiger partial charge is 0.293 e. The molecule has 1 aromatic carbocycles. The van der Waals surface area contributed by atoms with Crippen molar-refractivity contribution in [1.29, 1.82) is 0 Å². The van der Waals surface area contributed by atoms with E-state index in [1.165, 1.54) is 0 Å². The molecule has 1 aromatic rings. The van der Waals surface area contributed by atoms with Crippen LogP contribution >= 0.6 is 0 Å². The van der Waals surface area contributed by atoms with E-state index in [0.717, 1.165) is 5.69 Å². The number of methoxy groups -OCH3 is 2. The van der Waals surface area contributed by atoms with Gasteiger partial charge in [0.1, 0.15) is 6.61 Å². The molecule has 1 aliphatic heterocycles. The summed E-state index contributed by atoms with van der Waals surface area (Å²) in [5, 5.41) is 0. The largest absolute Gasteiger partial charge is 0.493 e. The second-order valence-electron chi connectivity index (χ2n) is 5.82. The van der Waals surface area contributed by atoms with Crippen molar-refractivity contribution in [3.8, 4) is 11.5 Å². The van der Waals surface area contributed by atoms with E-state index in [1.54, 1.807) is 20.3 Å². The quantitative estimate of drug-likeness (QED) is 0.567. The molecule has 1 aliphatic rings. The van der Waals surface area contributed by atoms with Gasteiger partial charge in [-0.1, -0.05) is 13.8 Å². The van der Waals surface area contributed by atoms with Crippen molar-refractivity contribution < 1.29 is 23.8 Å². The minimum atomic E-state index is 0.0587. The second-order valence-corrected chi connectivity index (χ2v) is 5.82. The number of Topliss-reactive ketones (excluding diaryl/α,β-unsaturated/α-hetero) is 1. The Labute approximate surface area is 136 Å². The van der Waals surface area contributed by atoms with Gasteiger partial charge in [0.2, 0.25) is 0 Å². The third-order valence-electron chi connectivity index (χ3n) is 4.19. The molecule has 0 saturated heterocycles. The molecule has 2 rings (SSSR count). The minimum Gasteiger partial charge on any atom is -0.493 e. The number of anilines is 1. The molecule has 0 fully saturated rings. The molecule has 6 nitrogen and oxygen atoms in total. The average molecular weight is 321 g/mol. The molecule has 0 bridgehead atoms. The highest BCUT2D eigenvalue weighted by molar-refractivity contribution is 6.04. The van der Waals surface area contributed by atoms with Crippen LogP contribution in [0.25, 0.3) is 0 Å². The van der Waals surface area contributed by atoms with Crippen LogP contribution in [0.15, 0.2) is 12.1 Å². The standard InChI is InChI=1S/C17H23NO5/c1-11(2)13-8-15(20)12-7-16(21-3)17(22-4)9-14(12)18(13)5-6-23-10-19/h7,9-11,13H,5-6,8H2,1-4H3. The lowest BCUT2D eigenvalue weighted by Crippen LogP contribution is -2.46. The lowest BCUT2D eigenvalue weighted by Gasteiger charge is -2.40. The number of hydrogen-bond donors (Lipinski definition) is 0. The summed E-state index contributed by atoms with van der Waals surface area (Å²) in [6.07, 6.45) is 0.432. The Morgan fingerprint density at radius 3 is 2.48 bits per heavy atom. The molecular formula is C17H23NO5. The summed E-state index contributed by atoms with van der Waals surface area (Å²) in [4.78, 5) is 25.1. The van der Waals surface area contributed by atoms with Crippen LogP contribution in [-0.4, -0.2) is 45.7 Å². The Bertz CT molecular complexity index is 585. The molecule has 0 spiro atoms. The molecule has 23 heavy (non-hydrogen) atoms. The van der Waals surface area contributed by atoms with Gasteiger partial charge in [-0.15, -0.1) is 0 Å². The highest BCUT2D eigenvalue weighted by Gasteiger charge is 2.34. The van der Waals surface area contributed by atoms with Gasteiger partial charge in [0.25, 0.3) is 6.47 Å². The molecule has 1 heterocycles. The first kappa shape index (κ1) is 17.1. The van der Waals surface area contributed by atoms with Crippen LogP contribution in [0.5, 0.6) is 11.5 Å². The summed E-state index contributed by atoms with van der Waals surface area (Å²) in [5.41, 5.74) is 1.41. The summed E-state index contributed by atoms with van der Waals surface area (Å²) in [6.45, 7) is 5.40. The maximum atomic E-state index is 12.5. The van der Waals surface area contributed by atoms with Gasteiger partial charge in [-0.05, 0) is 12.0 Å². The van der Waals surface area contributed by atoms with Crippen LogP contribution in [-0.2, 0) is 9.53 Å². The number of ether oxygens (including phenoxy) is 3. The van der Waals surface area contributed by atoms with Gasteiger partial charge in [0.15, 0.2) is 17.3 Å². The van der Waals surface area contributed by atoms with Crippen LogP contribution in [0.1, 0.15) is 30.6 Å². The number of rotatable bonds is 7. The summed E-state index contributed by atoms with van der Waals surface area (Å²) in [6, 6.07) is 3.60. The fraction of sp³-hybridized carbons (Fsp3) is 0.529. The summed E-state index contributed by atoms with van der Waals surface area (Å²) < 4.78 is 15.5. The first-order chi connectivity index (χ1) is 11.0. The predicted octanol–water partition coefficient (Wildman–Crippen LogP) is 2.29. The van der Waals surface area contributed by atoms with Crippen molar-refractivity contribution in [2.75, 3.05) is 32.3 Å². The number of carbonyl (C=O) groups is 2. The Kier molecular flexibility index (Phi) is 5.47. The summed E-state index contributed by atoms with van der Waals surface area (Å²) >= 11 is 0. The van der Waals surface area contributed by atoms with Crippen molar-refractivity contribution in [3.63, 3.8) is 0 Å². The first-order valence-corrected chi connectivity index (χ1v) is 7.64. The van der Waals surface area contributed by atoms with Gasteiger partial charge < -0.3 is 19.1 Å². The Hall–Kier alpha value is -2.24. The van der Waals surface area contributed by atoms with E-state index < -0.39 is 0 Å². The maximum absolute atomic E-state index is 12.5. The molecular weight excluding hydrogens is 298 g/mol. The number of nitrogens with zero attached hydrogens (tertiary/aromatic N) is 1. The van der Waals surface area contributed by atoms with E-state index in [1.807, 2.05) is 6.07 Å². The molecule has 0 aromatic heterocycles. The predicted molar refractivity (Wildman–Crippen MR) is 86.5 cm³/mol. The normalized spacial score (nSPS) is 17.0. The molecule has 1 unspecified atom stereocenters. The van der Waals surface area contributed by atoms with E-state index in [4.69, 9.17) is 14.2 Å². The van der Waals surface area contributed by atoms with Crippen molar-refractivity contribution in [2.24, 2.45) is 5.92 Å². The molecule has 0 aliphatic carbocycles. The molecule has 0 saturated carbocycles. The monoisotopic (exact) mass is 321 g/mol. The van der Waals surface area contributed by atoms with Gasteiger partial charge in [-0.2, -0.15) is 0 Å². The third kappa shape index (κ3) is 3.41. The zero-order valence-corrected chi connectivity index (χ0v) is 14.0. The zero-order chi connectivity index (χ0) is 17.0. The fourth-order valence-electron chi connectivity index (χ4n) is 3.00. The molecule has 6 heteroatoms. The maximum Gasteiger partial charge on any atom is 0.293 e. The van der Waals surface area contributed by atoms with Gasteiger partial charge in [0.05, 0.1) is 26.5 Å². The van der Waals surface area contributed by atoms with Crippen molar-refractivity contribution in [2.45, 2.75) is 26.3 Å².